The molecule has 4 heteroatoms. The molecule has 0 unspecified atom stereocenters. The van der Waals surface area contributed by atoms with E-state index in [9.17, 15) is 4.79 Å². The standard InChI is InChI=1S/C20H21N3O/c21-15-19-22-12-9-18(23-19)20(10-5-2-6-11-20)14-17(24)13-16-7-3-1-4-8-16/h1,3-4,7-9,12H,2,5-6,10-11,13-14H2. The number of benzene rings is 1. The van der Waals surface area contributed by atoms with E-state index in [1.54, 1.807) is 6.20 Å². The van der Waals surface area contributed by atoms with Gasteiger partial charge in [-0.1, -0.05) is 49.6 Å². The van der Waals surface area contributed by atoms with Gasteiger partial charge in [0.1, 0.15) is 11.9 Å². The lowest BCUT2D eigenvalue weighted by molar-refractivity contribution is -0.120. The average Bonchev–Trinajstić information content (AvgIpc) is 2.63. The molecule has 2 aromatic rings. The van der Waals surface area contributed by atoms with Gasteiger partial charge < -0.3 is 0 Å². The fraction of sp³-hybridized carbons (Fsp3) is 0.400. The summed E-state index contributed by atoms with van der Waals surface area (Å²) in [5.41, 5.74) is 1.67. The number of aromatic nitrogens is 2. The van der Waals surface area contributed by atoms with Crippen LogP contribution in [0.4, 0.5) is 0 Å². The smallest absolute Gasteiger partial charge is 0.232 e. The maximum Gasteiger partial charge on any atom is 0.232 e. The van der Waals surface area contributed by atoms with Crippen molar-refractivity contribution in [3.05, 3.63) is 59.7 Å². The van der Waals surface area contributed by atoms with Crippen LogP contribution in [0.2, 0.25) is 0 Å². The van der Waals surface area contributed by atoms with Gasteiger partial charge in [0.25, 0.3) is 0 Å². The van der Waals surface area contributed by atoms with Crippen LogP contribution in [0, 0.1) is 11.3 Å². The molecule has 3 rings (SSSR count). The Morgan fingerprint density at radius 1 is 1.12 bits per heavy atom. The lowest BCUT2D eigenvalue weighted by Gasteiger charge is -2.36. The Kier molecular flexibility index (Phi) is 5.00. The summed E-state index contributed by atoms with van der Waals surface area (Å²) >= 11 is 0. The second kappa shape index (κ2) is 7.35. The molecule has 1 heterocycles. The summed E-state index contributed by atoms with van der Waals surface area (Å²) in [5, 5.41) is 9.08. The highest BCUT2D eigenvalue weighted by atomic mass is 16.1. The molecule has 0 radical (unpaired) electrons. The molecule has 0 bridgehead atoms. The summed E-state index contributed by atoms with van der Waals surface area (Å²) < 4.78 is 0. The van der Waals surface area contributed by atoms with Gasteiger partial charge in [0, 0.05) is 24.5 Å². The minimum Gasteiger partial charge on any atom is -0.299 e. The summed E-state index contributed by atoms with van der Waals surface area (Å²) in [4.78, 5) is 21.1. The van der Waals surface area contributed by atoms with Crippen molar-refractivity contribution in [3.63, 3.8) is 0 Å². The highest BCUT2D eigenvalue weighted by molar-refractivity contribution is 5.82. The van der Waals surface area contributed by atoms with Crippen LogP contribution in [0.1, 0.15) is 55.6 Å². The lowest BCUT2D eigenvalue weighted by atomic mass is 9.68. The van der Waals surface area contributed by atoms with Crippen LogP contribution >= 0.6 is 0 Å². The largest absolute Gasteiger partial charge is 0.299 e. The topological polar surface area (TPSA) is 66.6 Å². The van der Waals surface area contributed by atoms with Gasteiger partial charge >= 0.3 is 0 Å². The van der Waals surface area contributed by atoms with Crippen LogP contribution in [0.5, 0.6) is 0 Å². The minimum absolute atomic E-state index is 0.188. The summed E-state index contributed by atoms with van der Waals surface area (Å²) in [6.45, 7) is 0. The number of hydrogen-bond donors (Lipinski definition) is 0. The van der Waals surface area contributed by atoms with Gasteiger partial charge in [-0.3, -0.25) is 4.79 Å². The molecule has 122 valence electrons. The Labute approximate surface area is 142 Å². The van der Waals surface area contributed by atoms with Gasteiger partial charge in [-0.05, 0) is 24.5 Å². The van der Waals surface area contributed by atoms with Crippen LogP contribution in [-0.4, -0.2) is 15.8 Å². The fourth-order valence-electron chi connectivity index (χ4n) is 3.72. The molecular weight excluding hydrogens is 298 g/mol. The molecule has 1 aliphatic rings. The number of ketones is 1. The SMILES string of the molecule is N#Cc1nccc(C2(CC(=O)Cc3ccccc3)CCCCC2)n1. The second-order valence-corrected chi connectivity index (χ2v) is 6.60. The molecule has 4 nitrogen and oxygen atoms in total. The van der Waals surface area contributed by atoms with Crippen molar-refractivity contribution >= 4 is 5.78 Å². The van der Waals surface area contributed by atoms with E-state index in [-0.39, 0.29) is 17.0 Å². The molecular formula is C20H21N3O. The van der Waals surface area contributed by atoms with Crippen molar-refractivity contribution < 1.29 is 4.79 Å². The third-order valence-electron chi connectivity index (χ3n) is 4.89. The molecule has 0 N–H and O–H groups in total. The van der Waals surface area contributed by atoms with Crippen LogP contribution in [0.25, 0.3) is 0 Å². The monoisotopic (exact) mass is 319 g/mol. The molecule has 0 amide bonds. The first-order valence-corrected chi connectivity index (χ1v) is 8.51. The summed E-state index contributed by atoms with van der Waals surface area (Å²) in [5.74, 6) is 0.424. The Morgan fingerprint density at radius 2 is 1.88 bits per heavy atom. The Balaban J connectivity index is 1.83. The van der Waals surface area contributed by atoms with Gasteiger partial charge in [-0.2, -0.15) is 5.26 Å². The number of nitrogens with zero attached hydrogens (tertiary/aromatic N) is 3. The predicted octanol–water partition coefficient (Wildman–Crippen LogP) is 3.75. The van der Waals surface area contributed by atoms with Crippen LogP contribution in [-0.2, 0) is 16.6 Å². The first kappa shape index (κ1) is 16.3. The number of carbonyl (C=O) groups is 1. The summed E-state index contributed by atoms with van der Waals surface area (Å²) in [6, 6.07) is 13.7. The van der Waals surface area contributed by atoms with Crippen LogP contribution in [0.3, 0.4) is 0 Å². The molecule has 0 saturated heterocycles. The lowest BCUT2D eigenvalue weighted by Crippen LogP contribution is -2.33. The van der Waals surface area contributed by atoms with Crippen LogP contribution in [0.15, 0.2) is 42.6 Å². The zero-order valence-corrected chi connectivity index (χ0v) is 13.7. The molecule has 0 aliphatic heterocycles. The Hall–Kier alpha value is -2.54. The first-order valence-electron chi connectivity index (χ1n) is 8.51. The average molecular weight is 319 g/mol. The minimum atomic E-state index is -0.237. The highest BCUT2D eigenvalue weighted by Gasteiger charge is 2.37. The van der Waals surface area contributed by atoms with Gasteiger partial charge in [0.2, 0.25) is 5.82 Å². The Morgan fingerprint density at radius 3 is 2.58 bits per heavy atom. The first-order chi connectivity index (χ1) is 11.7. The van der Waals surface area contributed by atoms with Gasteiger partial charge in [-0.25, -0.2) is 9.97 Å². The van der Waals surface area contributed by atoms with Gasteiger partial charge in [0.15, 0.2) is 0 Å². The quantitative estimate of drug-likeness (QED) is 0.841. The van der Waals surface area contributed by atoms with E-state index >= 15 is 0 Å². The van der Waals surface area contributed by atoms with Gasteiger partial charge in [-0.15, -0.1) is 0 Å². The third-order valence-corrected chi connectivity index (χ3v) is 4.89. The van der Waals surface area contributed by atoms with E-state index in [2.05, 4.69) is 9.97 Å². The van der Waals surface area contributed by atoms with E-state index in [4.69, 9.17) is 5.26 Å². The molecule has 0 atom stereocenters. The van der Waals surface area contributed by atoms with Crippen molar-refractivity contribution in [2.75, 3.05) is 0 Å². The maximum absolute atomic E-state index is 12.7. The van der Waals surface area contributed by atoms with Crippen molar-refractivity contribution in [1.82, 2.24) is 9.97 Å². The summed E-state index contributed by atoms with van der Waals surface area (Å²) in [7, 11) is 0. The van der Waals surface area contributed by atoms with Crippen molar-refractivity contribution in [1.29, 1.82) is 5.26 Å². The number of nitriles is 1. The fourth-order valence-corrected chi connectivity index (χ4v) is 3.72. The predicted molar refractivity (Wildman–Crippen MR) is 91.3 cm³/mol. The number of Topliss-reactive ketones (excluding diaryl/α,β-unsaturated/α-hetero) is 1. The van der Waals surface area contributed by atoms with Gasteiger partial charge in [0.05, 0.1) is 5.69 Å². The second-order valence-electron chi connectivity index (χ2n) is 6.60. The summed E-state index contributed by atoms with van der Waals surface area (Å²) in [6.07, 6.45) is 7.89. The van der Waals surface area contributed by atoms with E-state index < -0.39 is 0 Å². The molecule has 1 aromatic heterocycles. The van der Waals surface area contributed by atoms with Crippen molar-refractivity contribution in [2.24, 2.45) is 0 Å². The number of carbonyl (C=O) groups excluding carboxylic acids is 1. The molecule has 1 aromatic carbocycles. The Bertz CT molecular complexity index is 743. The van der Waals surface area contributed by atoms with Crippen LogP contribution < -0.4 is 0 Å². The molecule has 1 saturated carbocycles. The highest BCUT2D eigenvalue weighted by Crippen LogP contribution is 2.41. The zero-order valence-electron chi connectivity index (χ0n) is 13.7. The number of hydrogen-bond acceptors (Lipinski definition) is 4. The molecule has 1 aliphatic carbocycles. The normalized spacial score (nSPS) is 16.3. The van der Waals surface area contributed by atoms with E-state index in [0.29, 0.717) is 12.8 Å². The molecule has 0 spiro atoms. The number of rotatable bonds is 5. The van der Waals surface area contributed by atoms with Crippen molar-refractivity contribution in [2.45, 2.75) is 50.4 Å². The molecule has 1 fully saturated rings. The van der Waals surface area contributed by atoms with E-state index in [0.717, 1.165) is 36.9 Å². The van der Waals surface area contributed by atoms with Crippen molar-refractivity contribution in [3.8, 4) is 6.07 Å². The molecule has 24 heavy (non-hydrogen) atoms. The van der Waals surface area contributed by atoms with E-state index in [1.807, 2.05) is 42.5 Å². The third kappa shape index (κ3) is 3.68. The maximum atomic E-state index is 12.7. The van der Waals surface area contributed by atoms with E-state index in [1.165, 1.54) is 6.42 Å². The zero-order chi connectivity index (χ0) is 16.8.